The predicted molar refractivity (Wildman–Crippen MR) is 64.2 cm³/mol. The third kappa shape index (κ3) is 4.31. The van der Waals surface area contributed by atoms with E-state index < -0.39 is 11.7 Å². The maximum atomic E-state index is 12.4. The highest BCUT2D eigenvalue weighted by atomic mass is 19.4. The summed E-state index contributed by atoms with van der Waals surface area (Å²) in [5.74, 6) is 0. The van der Waals surface area contributed by atoms with Crippen LogP contribution in [-0.2, 0) is 6.18 Å². The van der Waals surface area contributed by atoms with Gasteiger partial charge in [0, 0.05) is 12.6 Å². The first-order valence-corrected chi connectivity index (χ1v) is 6.00. The molecule has 0 amide bonds. The van der Waals surface area contributed by atoms with E-state index in [2.05, 4.69) is 5.32 Å². The van der Waals surface area contributed by atoms with Crippen LogP contribution in [0.1, 0.15) is 36.9 Å². The first-order valence-electron chi connectivity index (χ1n) is 6.00. The van der Waals surface area contributed by atoms with Crippen molar-refractivity contribution in [2.75, 3.05) is 13.2 Å². The molecule has 0 aromatic heterocycles. The van der Waals surface area contributed by atoms with Crippen LogP contribution >= 0.6 is 0 Å². The Morgan fingerprint density at radius 1 is 1.22 bits per heavy atom. The van der Waals surface area contributed by atoms with E-state index in [9.17, 15) is 13.2 Å². The number of alkyl halides is 3. The molecular formula is C13H18F3NO. The van der Waals surface area contributed by atoms with Crippen molar-refractivity contribution in [3.63, 3.8) is 0 Å². The average Bonchev–Trinajstić information content (AvgIpc) is 2.33. The quantitative estimate of drug-likeness (QED) is 0.824. The summed E-state index contributed by atoms with van der Waals surface area (Å²) in [4.78, 5) is 0. The fourth-order valence-electron chi connectivity index (χ4n) is 1.74. The lowest BCUT2D eigenvalue weighted by atomic mass is 10.0. The molecule has 0 saturated carbocycles. The van der Waals surface area contributed by atoms with Crippen molar-refractivity contribution < 1.29 is 18.3 Å². The van der Waals surface area contributed by atoms with Crippen molar-refractivity contribution in [2.45, 2.75) is 32.0 Å². The van der Waals surface area contributed by atoms with E-state index in [4.69, 9.17) is 5.11 Å². The SMILES string of the molecule is CCCNC(CCO)c1ccc(C(F)(F)F)cc1. The van der Waals surface area contributed by atoms with Crippen LogP contribution in [0.2, 0.25) is 0 Å². The van der Waals surface area contributed by atoms with Gasteiger partial charge >= 0.3 is 6.18 Å². The van der Waals surface area contributed by atoms with Crippen molar-refractivity contribution >= 4 is 0 Å². The molecule has 18 heavy (non-hydrogen) atoms. The van der Waals surface area contributed by atoms with Gasteiger partial charge in [0.05, 0.1) is 5.56 Å². The molecule has 1 aromatic rings. The Labute approximate surface area is 105 Å². The zero-order valence-electron chi connectivity index (χ0n) is 10.3. The summed E-state index contributed by atoms with van der Waals surface area (Å²) < 4.78 is 37.2. The molecule has 2 N–H and O–H groups in total. The lowest BCUT2D eigenvalue weighted by molar-refractivity contribution is -0.137. The average molecular weight is 261 g/mol. The Morgan fingerprint density at radius 2 is 1.83 bits per heavy atom. The number of halogens is 3. The fraction of sp³-hybridized carbons (Fsp3) is 0.538. The van der Waals surface area contributed by atoms with Gasteiger partial charge in [0.15, 0.2) is 0 Å². The van der Waals surface area contributed by atoms with E-state index in [-0.39, 0.29) is 12.6 Å². The van der Waals surface area contributed by atoms with Gasteiger partial charge in [-0.1, -0.05) is 19.1 Å². The number of nitrogens with one attached hydrogen (secondary N) is 1. The minimum Gasteiger partial charge on any atom is -0.396 e. The standard InChI is InChI=1S/C13H18F3NO/c1-2-8-17-12(7-9-18)10-3-5-11(6-4-10)13(14,15)16/h3-6,12,17-18H,2,7-9H2,1H3. The maximum Gasteiger partial charge on any atom is 0.416 e. The number of benzene rings is 1. The van der Waals surface area contributed by atoms with Crippen LogP contribution in [-0.4, -0.2) is 18.3 Å². The number of rotatable bonds is 6. The molecule has 0 aliphatic heterocycles. The van der Waals surface area contributed by atoms with E-state index >= 15 is 0 Å². The molecule has 0 radical (unpaired) electrons. The van der Waals surface area contributed by atoms with Crippen molar-refractivity contribution in [2.24, 2.45) is 0 Å². The Bertz CT molecular complexity index is 348. The zero-order valence-corrected chi connectivity index (χ0v) is 10.3. The van der Waals surface area contributed by atoms with Gasteiger partial charge in [-0.2, -0.15) is 13.2 Å². The van der Waals surface area contributed by atoms with Crippen LogP contribution in [0.5, 0.6) is 0 Å². The van der Waals surface area contributed by atoms with Gasteiger partial charge in [-0.05, 0) is 37.1 Å². The molecule has 0 saturated heterocycles. The first kappa shape index (κ1) is 15.0. The summed E-state index contributed by atoms with van der Waals surface area (Å²) in [7, 11) is 0. The summed E-state index contributed by atoms with van der Waals surface area (Å²) >= 11 is 0. The van der Waals surface area contributed by atoms with Gasteiger partial charge in [0.1, 0.15) is 0 Å². The van der Waals surface area contributed by atoms with Crippen LogP contribution in [0.4, 0.5) is 13.2 Å². The third-order valence-corrected chi connectivity index (χ3v) is 2.70. The van der Waals surface area contributed by atoms with Gasteiger partial charge in [-0.25, -0.2) is 0 Å². The molecule has 1 unspecified atom stereocenters. The largest absolute Gasteiger partial charge is 0.416 e. The number of aliphatic hydroxyl groups is 1. The molecule has 0 aliphatic rings. The maximum absolute atomic E-state index is 12.4. The normalized spacial score (nSPS) is 13.6. The summed E-state index contributed by atoms with van der Waals surface area (Å²) in [6, 6.07) is 4.98. The molecule has 0 spiro atoms. The highest BCUT2D eigenvalue weighted by Crippen LogP contribution is 2.30. The second kappa shape index (κ2) is 6.75. The topological polar surface area (TPSA) is 32.3 Å². The molecule has 0 fully saturated rings. The Morgan fingerprint density at radius 3 is 2.28 bits per heavy atom. The van der Waals surface area contributed by atoms with E-state index in [1.807, 2.05) is 6.92 Å². The van der Waals surface area contributed by atoms with Crippen LogP contribution in [0.15, 0.2) is 24.3 Å². The number of aliphatic hydroxyl groups excluding tert-OH is 1. The molecule has 2 nitrogen and oxygen atoms in total. The summed E-state index contributed by atoms with van der Waals surface area (Å²) in [6.07, 6.45) is -2.88. The predicted octanol–water partition coefficient (Wildman–Crippen LogP) is 3.13. The smallest absolute Gasteiger partial charge is 0.396 e. The summed E-state index contributed by atoms with van der Waals surface area (Å²) in [6.45, 7) is 2.78. The lowest BCUT2D eigenvalue weighted by Gasteiger charge is -2.18. The summed E-state index contributed by atoms with van der Waals surface area (Å²) in [5, 5.41) is 12.2. The summed E-state index contributed by atoms with van der Waals surface area (Å²) in [5.41, 5.74) is 0.120. The van der Waals surface area contributed by atoms with E-state index in [1.165, 1.54) is 12.1 Å². The Balaban J connectivity index is 2.79. The molecule has 0 heterocycles. The molecule has 1 aromatic carbocycles. The minimum absolute atomic E-state index is 0.00238. The fourth-order valence-corrected chi connectivity index (χ4v) is 1.74. The van der Waals surface area contributed by atoms with Gasteiger partial charge in [-0.3, -0.25) is 0 Å². The van der Waals surface area contributed by atoms with Gasteiger partial charge in [-0.15, -0.1) is 0 Å². The third-order valence-electron chi connectivity index (χ3n) is 2.70. The van der Waals surface area contributed by atoms with E-state index in [0.717, 1.165) is 30.7 Å². The molecule has 1 rings (SSSR count). The molecule has 1 atom stereocenters. The Hall–Kier alpha value is -1.07. The van der Waals surface area contributed by atoms with Crippen molar-refractivity contribution in [3.05, 3.63) is 35.4 Å². The highest BCUT2D eigenvalue weighted by Gasteiger charge is 2.30. The highest BCUT2D eigenvalue weighted by molar-refractivity contribution is 5.26. The van der Waals surface area contributed by atoms with Crippen LogP contribution in [0.25, 0.3) is 0 Å². The van der Waals surface area contributed by atoms with Crippen molar-refractivity contribution in [1.29, 1.82) is 0 Å². The van der Waals surface area contributed by atoms with Crippen molar-refractivity contribution in [3.8, 4) is 0 Å². The molecule has 102 valence electrons. The van der Waals surface area contributed by atoms with Gasteiger partial charge < -0.3 is 10.4 Å². The van der Waals surface area contributed by atoms with Crippen molar-refractivity contribution in [1.82, 2.24) is 5.32 Å². The lowest BCUT2D eigenvalue weighted by Crippen LogP contribution is -2.23. The number of hydrogen-bond acceptors (Lipinski definition) is 2. The second-order valence-electron chi connectivity index (χ2n) is 4.14. The van der Waals surface area contributed by atoms with Gasteiger partial charge in [0.25, 0.3) is 0 Å². The Kier molecular flexibility index (Phi) is 5.62. The molecular weight excluding hydrogens is 243 g/mol. The minimum atomic E-state index is -4.30. The molecule has 0 aliphatic carbocycles. The first-order chi connectivity index (χ1) is 8.49. The number of hydrogen-bond donors (Lipinski definition) is 2. The second-order valence-corrected chi connectivity index (χ2v) is 4.14. The monoisotopic (exact) mass is 261 g/mol. The van der Waals surface area contributed by atoms with E-state index in [0.29, 0.717) is 6.42 Å². The van der Waals surface area contributed by atoms with Crippen LogP contribution in [0.3, 0.4) is 0 Å². The van der Waals surface area contributed by atoms with Gasteiger partial charge in [0.2, 0.25) is 0 Å². The van der Waals surface area contributed by atoms with E-state index in [1.54, 1.807) is 0 Å². The van der Waals surface area contributed by atoms with Crippen LogP contribution < -0.4 is 5.32 Å². The van der Waals surface area contributed by atoms with Crippen LogP contribution in [0, 0.1) is 0 Å². The molecule has 0 bridgehead atoms. The molecule has 5 heteroatoms. The zero-order chi connectivity index (χ0) is 13.6.